The second-order valence-corrected chi connectivity index (χ2v) is 4.25. The molecule has 2 aromatic rings. The van der Waals surface area contributed by atoms with Gasteiger partial charge in [0.2, 0.25) is 0 Å². The number of benzene rings is 1. The van der Waals surface area contributed by atoms with Crippen molar-refractivity contribution in [2.45, 2.75) is 0 Å². The molecule has 0 unspecified atom stereocenters. The molecule has 0 aliphatic heterocycles. The standard InChI is InChI=1S/C12H11ClN4O2/c1-17-7-9(6-14-17)12(19)16-15-11(18)8-2-4-10(13)5-3-8/h2-7H,1H3,(H,15,18)(H,16,19). The van der Waals surface area contributed by atoms with Crippen LogP contribution < -0.4 is 10.9 Å². The van der Waals surface area contributed by atoms with Crippen molar-refractivity contribution in [1.82, 2.24) is 20.6 Å². The lowest BCUT2D eigenvalue weighted by atomic mass is 10.2. The number of carbonyl (C=O) groups is 2. The van der Waals surface area contributed by atoms with E-state index in [0.29, 0.717) is 16.1 Å². The molecule has 2 amide bonds. The highest BCUT2D eigenvalue weighted by molar-refractivity contribution is 6.30. The first-order valence-electron chi connectivity index (χ1n) is 5.41. The predicted molar refractivity (Wildman–Crippen MR) is 69.6 cm³/mol. The minimum absolute atomic E-state index is 0.360. The monoisotopic (exact) mass is 278 g/mol. The number of nitrogens with zero attached hydrogens (tertiary/aromatic N) is 2. The third kappa shape index (κ3) is 3.32. The van der Waals surface area contributed by atoms with Gasteiger partial charge in [-0.2, -0.15) is 5.10 Å². The molecule has 0 fully saturated rings. The summed E-state index contributed by atoms with van der Waals surface area (Å²) in [7, 11) is 1.70. The Bertz CT molecular complexity index is 606. The summed E-state index contributed by atoms with van der Waals surface area (Å²) in [4.78, 5) is 23.4. The Morgan fingerprint density at radius 3 is 2.21 bits per heavy atom. The van der Waals surface area contributed by atoms with Crippen LogP contribution in [0.3, 0.4) is 0 Å². The Balaban J connectivity index is 1.93. The highest BCUT2D eigenvalue weighted by atomic mass is 35.5. The zero-order valence-electron chi connectivity index (χ0n) is 10.1. The van der Waals surface area contributed by atoms with E-state index < -0.39 is 11.8 Å². The maximum Gasteiger partial charge on any atom is 0.272 e. The molecule has 2 N–H and O–H groups in total. The molecule has 1 heterocycles. The average Bonchev–Trinajstić information content (AvgIpc) is 2.83. The highest BCUT2D eigenvalue weighted by Gasteiger charge is 2.10. The normalized spacial score (nSPS) is 10.0. The van der Waals surface area contributed by atoms with Crippen LogP contribution in [0.25, 0.3) is 0 Å². The van der Waals surface area contributed by atoms with Crippen LogP contribution in [0.1, 0.15) is 20.7 Å². The molecule has 7 heteroatoms. The van der Waals surface area contributed by atoms with Gasteiger partial charge in [-0.1, -0.05) is 11.6 Å². The number of amides is 2. The quantitative estimate of drug-likeness (QED) is 0.809. The molecule has 1 aromatic heterocycles. The Hall–Kier alpha value is -2.34. The Labute approximate surface area is 114 Å². The number of nitrogens with one attached hydrogen (secondary N) is 2. The van der Waals surface area contributed by atoms with Crippen LogP contribution in [-0.2, 0) is 7.05 Å². The fourth-order valence-corrected chi connectivity index (χ4v) is 1.52. The van der Waals surface area contributed by atoms with Gasteiger partial charge < -0.3 is 0 Å². The van der Waals surface area contributed by atoms with Gasteiger partial charge in [0, 0.05) is 23.8 Å². The lowest BCUT2D eigenvalue weighted by Crippen LogP contribution is -2.41. The molecule has 0 aliphatic rings. The second-order valence-electron chi connectivity index (χ2n) is 3.82. The molecule has 6 nitrogen and oxygen atoms in total. The number of carbonyl (C=O) groups excluding carboxylic acids is 2. The van der Waals surface area contributed by atoms with E-state index >= 15 is 0 Å². The van der Waals surface area contributed by atoms with Crippen molar-refractivity contribution in [1.29, 1.82) is 0 Å². The number of aromatic nitrogens is 2. The van der Waals surface area contributed by atoms with Crippen LogP contribution in [-0.4, -0.2) is 21.6 Å². The summed E-state index contributed by atoms with van der Waals surface area (Å²) in [5, 5.41) is 4.40. The number of hydrogen-bond donors (Lipinski definition) is 2. The molecule has 0 aliphatic carbocycles. The van der Waals surface area contributed by atoms with E-state index in [2.05, 4.69) is 16.0 Å². The Morgan fingerprint density at radius 2 is 1.68 bits per heavy atom. The number of aryl methyl sites for hydroxylation is 1. The summed E-state index contributed by atoms with van der Waals surface area (Å²) < 4.78 is 1.50. The third-order valence-corrected chi connectivity index (χ3v) is 2.62. The summed E-state index contributed by atoms with van der Waals surface area (Å²) in [5.74, 6) is -0.857. The molecule has 0 radical (unpaired) electrons. The van der Waals surface area contributed by atoms with Gasteiger partial charge in [-0.3, -0.25) is 25.1 Å². The van der Waals surface area contributed by atoms with E-state index in [1.54, 1.807) is 37.5 Å². The maximum atomic E-state index is 11.7. The van der Waals surface area contributed by atoms with Crippen LogP contribution in [0.5, 0.6) is 0 Å². The summed E-state index contributed by atoms with van der Waals surface area (Å²) in [6.45, 7) is 0. The van der Waals surface area contributed by atoms with E-state index in [4.69, 9.17) is 11.6 Å². The zero-order valence-corrected chi connectivity index (χ0v) is 10.8. The molecule has 2 rings (SSSR count). The van der Waals surface area contributed by atoms with Gasteiger partial charge in [-0.05, 0) is 24.3 Å². The van der Waals surface area contributed by atoms with E-state index in [0.717, 1.165) is 0 Å². The number of halogens is 1. The zero-order chi connectivity index (χ0) is 13.8. The van der Waals surface area contributed by atoms with Gasteiger partial charge in [-0.15, -0.1) is 0 Å². The van der Waals surface area contributed by atoms with Crippen molar-refractivity contribution in [2.75, 3.05) is 0 Å². The van der Waals surface area contributed by atoms with Crippen molar-refractivity contribution < 1.29 is 9.59 Å². The van der Waals surface area contributed by atoms with Gasteiger partial charge >= 0.3 is 0 Å². The smallest absolute Gasteiger partial charge is 0.272 e. The van der Waals surface area contributed by atoms with Crippen LogP contribution in [0.2, 0.25) is 5.02 Å². The van der Waals surface area contributed by atoms with E-state index in [9.17, 15) is 9.59 Å². The summed E-state index contributed by atoms with van der Waals surface area (Å²) in [6.07, 6.45) is 2.95. The molecule has 0 atom stereocenters. The number of hydrogen-bond acceptors (Lipinski definition) is 3. The van der Waals surface area contributed by atoms with Crippen molar-refractivity contribution in [3.8, 4) is 0 Å². The Morgan fingerprint density at radius 1 is 1.11 bits per heavy atom. The molecular formula is C12H11ClN4O2. The SMILES string of the molecule is Cn1cc(C(=O)NNC(=O)c2ccc(Cl)cc2)cn1. The van der Waals surface area contributed by atoms with Crippen molar-refractivity contribution >= 4 is 23.4 Å². The lowest BCUT2D eigenvalue weighted by Gasteiger charge is -2.06. The fourth-order valence-electron chi connectivity index (χ4n) is 1.40. The molecule has 0 saturated heterocycles. The molecule has 0 saturated carbocycles. The van der Waals surface area contributed by atoms with Gasteiger partial charge in [-0.25, -0.2) is 0 Å². The first-order valence-corrected chi connectivity index (χ1v) is 5.79. The molecule has 19 heavy (non-hydrogen) atoms. The van der Waals surface area contributed by atoms with Crippen LogP contribution >= 0.6 is 11.6 Å². The number of hydrazine groups is 1. The van der Waals surface area contributed by atoms with E-state index in [-0.39, 0.29) is 0 Å². The van der Waals surface area contributed by atoms with Gasteiger partial charge in [0.25, 0.3) is 11.8 Å². The summed E-state index contributed by atoms with van der Waals surface area (Å²) in [5.41, 5.74) is 5.37. The van der Waals surface area contributed by atoms with Crippen molar-refractivity contribution in [3.05, 3.63) is 52.8 Å². The average molecular weight is 279 g/mol. The first kappa shape index (κ1) is 13.1. The molecule has 98 valence electrons. The summed E-state index contributed by atoms with van der Waals surface area (Å²) >= 11 is 5.72. The second kappa shape index (κ2) is 5.53. The van der Waals surface area contributed by atoms with Crippen LogP contribution in [0.15, 0.2) is 36.7 Å². The minimum atomic E-state index is -0.435. The van der Waals surface area contributed by atoms with Crippen LogP contribution in [0, 0.1) is 0 Å². The summed E-state index contributed by atoms with van der Waals surface area (Å²) in [6, 6.07) is 6.32. The van der Waals surface area contributed by atoms with Gasteiger partial charge in [0.1, 0.15) is 0 Å². The topological polar surface area (TPSA) is 76.0 Å². The largest absolute Gasteiger partial charge is 0.275 e. The molecule has 0 spiro atoms. The van der Waals surface area contributed by atoms with Gasteiger partial charge in [0.15, 0.2) is 0 Å². The highest BCUT2D eigenvalue weighted by Crippen LogP contribution is 2.09. The van der Waals surface area contributed by atoms with Gasteiger partial charge in [0.05, 0.1) is 11.8 Å². The van der Waals surface area contributed by atoms with E-state index in [1.807, 2.05) is 0 Å². The van der Waals surface area contributed by atoms with Crippen molar-refractivity contribution in [3.63, 3.8) is 0 Å². The fraction of sp³-hybridized carbons (Fsp3) is 0.0833. The van der Waals surface area contributed by atoms with Crippen molar-refractivity contribution in [2.24, 2.45) is 7.05 Å². The lowest BCUT2D eigenvalue weighted by molar-refractivity contribution is 0.0846. The molecule has 1 aromatic carbocycles. The third-order valence-electron chi connectivity index (χ3n) is 2.36. The van der Waals surface area contributed by atoms with Crippen LogP contribution in [0.4, 0.5) is 0 Å². The van der Waals surface area contributed by atoms with E-state index in [1.165, 1.54) is 10.9 Å². The number of rotatable bonds is 2. The first-order chi connectivity index (χ1) is 9.06. The molecule has 0 bridgehead atoms. The minimum Gasteiger partial charge on any atom is -0.275 e. The predicted octanol–water partition coefficient (Wildman–Crippen LogP) is 1.15. The Kier molecular flexibility index (Phi) is 3.82. The maximum absolute atomic E-state index is 11.7. The molecular weight excluding hydrogens is 268 g/mol.